The van der Waals surface area contributed by atoms with Crippen molar-refractivity contribution in [2.24, 2.45) is 10.7 Å². The number of aliphatic imine (C=N–C) groups is 1. The molecule has 0 radical (unpaired) electrons. The summed E-state index contributed by atoms with van der Waals surface area (Å²) in [6.45, 7) is 2.03. The van der Waals surface area contributed by atoms with Crippen LogP contribution in [0.1, 0.15) is 16.8 Å². The lowest BCUT2D eigenvalue weighted by Crippen LogP contribution is -1.78. The summed E-state index contributed by atoms with van der Waals surface area (Å²) in [4.78, 5) is 11.8. The summed E-state index contributed by atoms with van der Waals surface area (Å²) in [6.07, 6.45) is 6.62. The molecule has 1 aromatic carbocycles. The fraction of sp³-hybridized carbons (Fsp3) is 0.0526. The monoisotopic (exact) mass is 300 g/mol. The number of nitrogens with one attached hydrogen (secondary N) is 1. The lowest BCUT2D eigenvalue weighted by Gasteiger charge is -1.92. The normalized spacial score (nSPS) is 11.2. The lowest BCUT2D eigenvalue weighted by atomic mass is 10.2. The molecule has 3 aromatic rings. The standard InChI is InChI=1S/C19H16N4/c1-14-11-16-12-18(23-19(16)22-13-14)8-5-15-3-6-17(7-4-15)21-10-2-9-20/h2-4,6-7,9-13H,20H2,1H3,(H,22,23). The zero-order valence-electron chi connectivity index (χ0n) is 12.7. The van der Waals surface area contributed by atoms with Gasteiger partial charge in [-0.25, -0.2) is 4.98 Å². The second kappa shape index (κ2) is 6.63. The Labute approximate surface area is 134 Å². The van der Waals surface area contributed by atoms with Gasteiger partial charge in [0.05, 0.1) is 11.4 Å². The van der Waals surface area contributed by atoms with Crippen molar-refractivity contribution in [3.63, 3.8) is 0 Å². The lowest BCUT2D eigenvalue weighted by molar-refractivity contribution is 1.28. The van der Waals surface area contributed by atoms with Gasteiger partial charge in [-0.05, 0) is 67.1 Å². The molecule has 0 saturated heterocycles. The Hall–Kier alpha value is -3.32. The molecule has 0 aliphatic heterocycles. The van der Waals surface area contributed by atoms with Crippen molar-refractivity contribution >= 4 is 22.9 Å². The minimum absolute atomic E-state index is 0.855. The van der Waals surface area contributed by atoms with Gasteiger partial charge in [-0.3, -0.25) is 4.99 Å². The maximum absolute atomic E-state index is 5.25. The molecule has 23 heavy (non-hydrogen) atoms. The summed E-state index contributed by atoms with van der Waals surface area (Å²) in [7, 11) is 0. The van der Waals surface area contributed by atoms with E-state index in [2.05, 4.69) is 32.9 Å². The van der Waals surface area contributed by atoms with Gasteiger partial charge in [-0.2, -0.15) is 0 Å². The van der Waals surface area contributed by atoms with Gasteiger partial charge in [0.25, 0.3) is 0 Å². The van der Waals surface area contributed by atoms with Gasteiger partial charge in [0.15, 0.2) is 0 Å². The number of aromatic nitrogens is 2. The summed E-state index contributed by atoms with van der Waals surface area (Å²) in [6, 6.07) is 11.8. The molecule has 4 nitrogen and oxygen atoms in total. The zero-order chi connectivity index (χ0) is 16.1. The summed E-state index contributed by atoms with van der Waals surface area (Å²) in [5.74, 6) is 6.27. The predicted molar refractivity (Wildman–Crippen MR) is 94.7 cm³/mol. The predicted octanol–water partition coefficient (Wildman–Crippen LogP) is 3.45. The van der Waals surface area contributed by atoms with E-state index in [0.717, 1.165) is 33.5 Å². The first-order chi connectivity index (χ1) is 11.2. The number of fused-ring (bicyclic) bond motifs is 1. The highest BCUT2D eigenvalue weighted by Crippen LogP contribution is 2.14. The number of hydrogen-bond donors (Lipinski definition) is 2. The Morgan fingerprint density at radius 3 is 2.78 bits per heavy atom. The molecule has 4 heteroatoms. The fourth-order valence-electron chi connectivity index (χ4n) is 2.14. The van der Waals surface area contributed by atoms with Gasteiger partial charge in [-0.15, -0.1) is 0 Å². The molecular formula is C19H16N4. The Kier molecular flexibility index (Phi) is 4.21. The molecule has 2 heterocycles. The van der Waals surface area contributed by atoms with Crippen LogP contribution in [0.15, 0.2) is 59.9 Å². The van der Waals surface area contributed by atoms with Crippen LogP contribution < -0.4 is 5.73 Å². The first-order valence-electron chi connectivity index (χ1n) is 7.23. The zero-order valence-corrected chi connectivity index (χ0v) is 12.7. The van der Waals surface area contributed by atoms with E-state index >= 15 is 0 Å². The van der Waals surface area contributed by atoms with Crippen LogP contribution in [0.2, 0.25) is 0 Å². The summed E-state index contributed by atoms with van der Waals surface area (Å²) >= 11 is 0. The summed E-state index contributed by atoms with van der Waals surface area (Å²) in [5, 5.41) is 1.08. The summed E-state index contributed by atoms with van der Waals surface area (Å²) < 4.78 is 0. The van der Waals surface area contributed by atoms with Gasteiger partial charge in [0, 0.05) is 23.4 Å². The minimum atomic E-state index is 0.855. The molecule has 0 fully saturated rings. The largest absolute Gasteiger partial charge is 0.405 e. The van der Waals surface area contributed by atoms with Crippen LogP contribution in [0.5, 0.6) is 0 Å². The van der Waals surface area contributed by atoms with E-state index in [0.29, 0.717) is 0 Å². The van der Waals surface area contributed by atoms with Crippen LogP contribution in [0, 0.1) is 18.8 Å². The average Bonchev–Trinajstić information content (AvgIpc) is 2.96. The quantitative estimate of drug-likeness (QED) is 0.562. The van der Waals surface area contributed by atoms with Crippen molar-refractivity contribution in [1.82, 2.24) is 9.97 Å². The van der Waals surface area contributed by atoms with E-state index in [1.54, 1.807) is 12.3 Å². The number of rotatable bonds is 2. The number of aromatic amines is 1. The van der Waals surface area contributed by atoms with E-state index in [9.17, 15) is 0 Å². The second-order valence-electron chi connectivity index (χ2n) is 5.09. The average molecular weight is 300 g/mol. The molecule has 0 aliphatic carbocycles. The molecule has 112 valence electrons. The smallest absolute Gasteiger partial charge is 0.138 e. The maximum atomic E-state index is 5.25. The highest BCUT2D eigenvalue weighted by atomic mass is 14.8. The van der Waals surface area contributed by atoms with Crippen molar-refractivity contribution < 1.29 is 0 Å². The number of H-pyrrole nitrogens is 1. The first kappa shape index (κ1) is 14.6. The van der Waals surface area contributed by atoms with Crippen LogP contribution in [0.4, 0.5) is 5.69 Å². The highest BCUT2D eigenvalue weighted by Gasteiger charge is 1.99. The van der Waals surface area contributed by atoms with Crippen molar-refractivity contribution in [2.75, 3.05) is 0 Å². The molecule has 0 unspecified atom stereocenters. The van der Waals surface area contributed by atoms with Crippen molar-refractivity contribution in [2.45, 2.75) is 6.92 Å². The van der Waals surface area contributed by atoms with E-state index in [1.165, 1.54) is 6.20 Å². The molecule has 0 spiro atoms. The number of aryl methyl sites for hydroxylation is 1. The molecule has 3 rings (SSSR count). The number of benzene rings is 1. The molecule has 2 aromatic heterocycles. The van der Waals surface area contributed by atoms with Gasteiger partial charge < -0.3 is 10.7 Å². The van der Waals surface area contributed by atoms with Crippen molar-refractivity contribution in [1.29, 1.82) is 0 Å². The van der Waals surface area contributed by atoms with Gasteiger partial charge in [0.2, 0.25) is 0 Å². The van der Waals surface area contributed by atoms with Crippen LogP contribution in [-0.2, 0) is 0 Å². The maximum Gasteiger partial charge on any atom is 0.138 e. The summed E-state index contributed by atoms with van der Waals surface area (Å²) in [5.41, 5.74) is 9.89. The first-order valence-corrected chi connectivity index (χ1v) is 7.23. The highest BCUT2D eigenvalue weighted by molar-refractivity contribution is 5.78. The Morgan fingerprint density at radius 2 is 2.00 bits per heavy atom. The van der Waals surface area contributed by atoms with Crippen LogP contribution in [0.3, 0.4) is 0 Å². The number of hydrogen-bond acceptors (Lipinski definition) is 3. The SMILES string of the molecule is Cc1cnc2[nH]c(C#Cc3ccc(N=CC=CN)cc3)cc2c1. The van der Waals surface area contributed by atoms with E-state index in [1.807, 2.05) is 43.5 Å². The number of nitrogens with zero attached hydrogens (tertiary/aromatic N) is 2. The van der Waals surface area contributed by atoms with Gasteiger partial charge in [0.1, 0.15) is 5.65 Å². The second-order valence-corrected chi connectivity index (χ2v) is 5.09. The topological polar surface area (TPSA) is 67.1 Å². The Morgan fingerprint density at radius 1 is 1.17 bits per heavy atom. The number of pyridine rings is 1. The van der Waals surface area contributed by atoms with Gasteiger partial charge in [-0.1, -0.05) is 5.92 Å². The third-order valence-electron chi connectivity index (χ3n) is 3.24. The third-order valence-corrected chi connectivity index (χ3v) is 3.24. The number of allylic oxidation sites excluding steroid dienone is 1. The van der Waals surface area contributed by atoms with E-state index in [4.69, 9.17) is 5.73 Å². The van der Waals surface area contributed by atoms with Crippen molar-refractivity contribution in [3.8, 4) is 11.8 Å². The fourth-order valence-corrected chi connectivity index (χ4v) is 2.14. The molecule has 0 aliphatic rings. The number of nitrogens with two attached hydrogens (primary N) is 1. The van der Waals surface area contributed by atoms with E-state index in [-0.39, 0.29) is 0 Å². The van der Waals surface area contributed by atoms with Gasteiger partial charge >= 0.3 is 0 Å². The molecule has 0 bridgehead atoms. The Balaban J connectivity index is 1.79. The molecule has 0 saturated carbocycles. The molecule has 0 amide bonds. The van der Waals surface area contributed by atoms with Crippen LogP contribution in [-0.4, -0.2) is 16.2 Å². The van der Waals surface area contributed by atoms with E-state index < -0.39 is 0 Å². The molecule has 3 N–H and O–H groups in total. The van der Waals surface area contributed by atoms with Crippen LogP contribution >= 0.6 is 0 Å². The molecule has 0 atom stereocenters. The molecular weight excluding hydrogens is 284 g/mol. The Bertz CT molecular complexity index is 935. The van der Waals surface area contributed by atoms with Crippen molar-refractivity contribution in [3.05, 3.63) is 71.7 Å². The third kappa shape index (κ3) is 3.66. The van der Waals surface area contributed by atoms with Crippen LogP contribution in [0.25, 0.3) is 11.0 Å². The minimum Gasteiger partial charge on any atom is -0.405 e.